The van der Waals surface area contributed by atoms with Gasteiger partial charge in [-0.3, -0.25) is 14.6 Å². The van der Waals surface area contributed by atoms with Gasteiger partial charge in [-0.05, 0) is 12.5 Å². The SMILES string of the molecule is Cc1c(CN2CCN(c3nccnc3-c3ccc(CCl)cc3)CC2)cnn1C.Cl.Cl. The predicted molar refractivity (Wildman–Crippen MR) is 127 cm³/mol. The molecule has 1 fully saturated rings. The predicted octanol–water partition coefficient (Wildman–Crippen LogP) is 4.09. The van der Waals surface area contributed by atoms with E-state index in [1.54, 1.807) is 12.4 Å². The highest BCUT2D eigenvalue weighted by Crippen LogP contribution is 2.28. The molecule has 0 radical (unpaired) electrons. The van der Waals surface area contributed by atoms with Gasteiger partial charge in [-0.15, -0.1) is 36.4 Å². The maximum absolute atomic E-state index is 5.91. The van der Waals surface area contributed by atoms with E-state index in [1.807, 2.05) is 17.9 Å². The first-order chi connectivity index (χ1) is 13.7. The number of halogens is 3. The van der Waals surface area contributed by atoms with Gasteiger partial charge < -0.3 is 4.90 Å². The van der Waals surface area contributed by atoms with Crippen LogP contribution in [-0.2, 0) is 19.5 Å². The van der Waals surface area contributed by atoms with Crippen LogP contribution in [0.2, 0.25) is 0 Å². The summed E-state index contributed by atoms with van der Waals surface area (Å²) in [5.74, 6) is 1.48. The monoisotopic (exact) mass is 468 g/mol. The van der Waals surface area contributed by atoms with Gasteiger partial charge in [0, 0.05) is 74.9 Å². The summed E-state index contributed by atoms with van der Waals surface area (Å²) in [6, 6.07) is 8.25. The summed E-state index contributed by atoms with van der Waals surface area (Å²) in [6.07, 6.45) is 5.51. The molecule has 3 aromatic rings. The van der Waals surface area contributed by atoms with E-state index in [1.165, 1.54) is 11.3 Å². The normalized spacial score (nSPS) is 14.2. The van der Waals surface area contributed by atoms with Crippen molar-refractivity contribution in [3.8, 4) is 11.3 Å². The first-order valence-electron chi connectivity index (χ1n) is 9.57. The van der Waals surface area contributed by atoms with E-state index < -0.39 is 0 Å². The summed E-state index contributed by atoms with van der Waals surface area (Å²) in [6.45, 7) is 6.93. The number of hydrogen-bond donors (Lipinski definition) is 0. The Kier molecular flexibility index (Phi) is 8.92. The van der Waals surface area contributed by atoms with E-state index >= 15 is 0 Å². The molecule has 1 saturated heterocycles. The minimum Gasteiger partial charge on any atom is -0.352 e. The summed E-state index contributed by atoms with van der Waals surface area (Å²) in [5, 5.41) is 4.35. The van der Waals surface area contributed by atoms with Gasteiger partial charge >= 0.3 is 0 Å². The fraction of sp³-hybridized carbons (Fsp3) is 0.381. The molecule has 0 amide bonds. The van der Waals surface area contributed by atoms with E-state index in [9.17, 15) is 0 Å². The third kappa shape index (κ3) is 5.24. The number of nitrogens with zero attached hydrogens (tertiary/aromatic N) is 6. The Morgan fingerprint density at radius 2 is 1.63 bits per heavy atom. The second-order valence-electron chi connectivity index (χ2n) is 7.20. The number of alkyl halides is 1. The summed E-state index contributed by atoms with van der Waals surface area (Å²) in [7, 11) is 1.99. The number of rotatable bonds is 5. The van der Waals surface area contributed by atoms with Crippen LogP contribution in [-0.4, -0.2) is 50.8 Å². The van der Waals surface area contributed by atoms with Crippen molar-refractivity contribution in [3.05, 3.63) is 59.7 Å². The maximum Gasteiger partial charge on any atom is 0.155 e. The van der Waals surface area contributed by atoms with Crippen LogP contribution >= 0.6 is 36.4 Å². The molecule has 0 unspecified atom stereocenters. The van der Waals surface area contributed by atoms with Gasteiger partial charge in [-0.25, -0.2) is 4.98 Å². The Hall–Kier alpha value is -1.86. The number of benzene rings is 1. The van der Waals surface area contributed by atoms with E-state index in [4.69, 9.17) is 11.6 Å². The molecule has 3 heterocycles. The summed E-state index contributed by atoms with van der Waals surface area (Å²) in [5.41, 5.74) is 5.65. The van der Waals surface area contributed by atoms with E-state index in [0.29, 0.717) is 5.88 Å². The molecule has 1 aliphatic heterocycles. The van der Waals surface area contributed by atoms with Gasteiger partial charge in [-0.2, -0.15) is 5.10 Å². The van der Waals surface area contributed by atoms with Gasteiger partial charge in [-0.1, -0.05) is 24.3 Å². The molecule has 0 atom stereocenters. The Labute approximate surface area is 195 Å². The quantitative estimate of drug-likeness (QED) is 0.527. The highest BCUT2D eigenvalue weighted by atomic mass is 35.5. The van der Waals surface area contributed by atoms with Crippen LogP contribution in [0.4, 0.5) is 5.82 Å². The number of hydrogen-bond acceptors (Lipinski definition) is 5. The van der Waals surface area contributed by atoms with Gasteiger partial charge in [0.15, 0.2) is 5.82 Å². The minimum absolute atomic E-state index is 0. The zero-order valence-corrected chi connectivity index (χ0v) is 19.6. The molecule has 6 nitrogen and oxygen atoms in total. The number of piperazine rings is 1. The largest absolute Gasteiger partial charge is 0.352 e. The topological polar surface area (TPSA) is 50.1 Å². The molecule has 162 valence electrons. The lowest BCUT2D eigenvalue weighted by Crippen LogP contribution is -2.46. The van der Waals surface area contributed by atoms with Crippen molar-refractivity contribution >= 4 is 42.2 Å². The van der Waals surface area contributed by atoms with Gasteiger partial charge in [0.2, 0.25) is 0 Å². The Morgan fingerprint density at radius 3 is 2.23 bits per heavy atom. The molecule has 0 bridgehead atoms. The zero-order valence-electron chi connectivity index (χ0n) is 17.2. The number of aromatic nitrogens is 4. The van der Waals surface area contributed by atoms with E-state index in [0.717, 1.165) is 55.4 Å². The van der Waals surface area contributed by atoms with Crippen molar-refractivity contribution in [1.29, 1.82) is 0 Å². The van der Waals surface area contributed by atoms with Gasteiger partial charge in [0.05, 0.1) is 6.20 Å². The fourth-order valence-electron chi connectivity index (χ4n) is 3.58. The van der Waals surface area contributed by atoms with Crippen LogP contribution in [0.25, 0.3) is 11.3 Å². The van der Waals surface area contributed by atoms with Crippen molar-refractivity contribution in [2.24, 2.45) is 7.05 Å². The van der Waals surface area contributed by atoms with Crippen molar-refractivity contribution in [3.63, 3.8) is 0 Å². The van der Waals surface area contributed by atoms with Crippen molar-refractivity contribution < 1.29 is 0 Å². The summed E-state index contributed by atoms with van der Waals surface area (Å²) in [4.78, 5) is 14.1. The summed E-state index contributed by atoms with van der Waals surface area (Å²) < 4.78 is 1.94. The molecule has 4 rings (SSSR count). The molecule has 30 heavy (non-hydrogen) atoms. The molecular weight excluding hydrogens is 443 g/mol. The second kappa shape index (κ2) is 11.0. The molecular formula is C21H27Cl3N6. The summed E-state index contributed by atoms with van der Waals surface area (Å²) >= 11 is 5.91. The lowest BCUT2D eigenvalue weighted by atomic mass is 10.1. The standard InChI is InChI=1S/C21H25ClN6.2ClH/c1-16-19(14-25-26(16)2)15-27-9-11-28(12-10-27)21-20(23-7-8-24-21)18-5-3-17(13-22)4-6-18;;/h3-8,14H,9-13,15H2,1-2H3;2*1H. The average molecular weight is 470 g/mol. The Balaban J connectivity index is 0.00000160. The van der Waals surface area contributed by atoms with Crippen molar-refractivity contribution in [1.82, 2.24) is 24.6 Å². The van der Waals surface area contributed by atoms with Crippen LogP contribution in [0, 0.1) is 6.92 Å². The van der Waals surface area contributed by atoms with E-state index in [-0.39, 0.29) is 24.8 Å². The van der Waals surface area contributed by atoms with Gasteiger partial charge in [0.25, 0.3) is 0 Å². The van der Waals surface area contributed by atoms with Crippen LogP contribution < -0.4 is 4.90 Å². The smallest absolute Gasteiger partial charge is 0.155 e. The van der Waals surface area contributed by atoms with Crippen molar-refractivity contribution in [2.75, 3.05) is 31.1 Å². The Morgan fingerprint density at radius 1 is 0.967 bits per heavy atom. The lowest BCUT2D eigenvalue weighted by molar-refractivity contribution is 0.249. The molecule has 9 heteroatoms. The van der Waals surface area contributed by atoms with Crippen LogP contribution in [0.5, 0.6) is 0 Å². The lowest BCUT2D eigenvalue weighted by Gasteiger charge is -2.35. The molecule has 0 N–H and O–H groups in total. The minimum atomic E-state index is 0. The number of anilines is 1. The highest BCUT2D eigenvalue weighted by Gasteiger charge is 2.22. The first-order valence-corrected chi connectivity index (χ1v) is 10.1. The highest BCUT2D eigenvalue weighted by molar-refractivity contribution is 6.17. The third-order valence-electron chi connectivity index (χ3n) is 5.46. The zero-order chi connectivity index (χ0) is 19.5. The average Bonchev–Trinajstić information content (AvgIpc) is 3.06. The van der Waals surface area contributed by atoms with Crippen molar-refractivity contribution in [2.45, 2.75) is 19.3 Å². The maximum atomic E-state index is 5.91. The molecule has 1 aliphatic rings. The van der Waals surface area contributed by atoms with Crippen LogP contribution in [0.15, 0.2) is 42.9 Å². The molecule has 1 aromatic carbocycles. The third-order valence-corrected chi connectivity index (χ3v) is 5.77. The number of aryl methyl sites for hydroxylation is 1. The molecule has 0 spiro atoms. The molecule has 2 aromatic heterocycles. The van der Waals surface area contributed by atoms with Gasteiger partial charge in [0.1, 0.15) is 5.69 Å². The second-order valence-corrected chi connectivity index (χ2v) is 7.47. The first kappa shape index (κ1) is 24.4. The molecule has 0 aliphatic carbocycles. The fourth-order valence-corrected chi connectivity index (χ4v) is 3.75. The van der Waals surface area contributed by atoms with Crippen LogP contribution in [0.3, 0.4) is 0 Å². The van der Waals surface area contributed by atoms with E-state index in [2.05, 4.69) is 56.1 Å². The Bertz CT molecular complexity index is 936. The van der Waals surface area contributed by atoms with Crippen LogP contribution in [0.1, 0.15) is 16.8 Å². The molecule has 0 saturated carbocycles.